The normalized spacial score (nSPS) is 41.0. The Morgan fingerprint density at radius 2 is 1.75 bits per heavy atom. The van der Waals surface area contributed by atoms with Crippen LogP contribution in [0.1, 0.15) is 40.5 Å². The fraction of sp³-hybridized carbons (Fsp3) is 1.00. The SMILES string of the molecule is CC(C)C1C2CCC2N1C(C)C. The summed E-state index contributed by atoms with van der Waals surface area (Å²) in [7, 11) is 0. The second kappa shape index (κ2) is 2.73. The zero-order valence-corrected chi connectivity index (χ0v) is 8.75. The lowest BCUT2D eigenvalue weighted by Crippen LogP contribution is -2.72. The van der Waals surface area contributed by atoms with Gasteiger partial charge in [0, 0.05) is 18.1 Å². The highest BCUT2D eigenvalue weighted by molar-refractivity contribution is 5.08. The van der Waals surface area contributed by atoms with Gasteiger partial charge in [-0.15, -0.1) is 0 Å². The number of rotatable bonds is 2. The summed E-state index contributed by atoms with van der Waals surface area (Å²) in [5, 5.41) is 0. The minimum absolute atomic E-state index is 0.763. The van der Waals surface area contributed by atoms with E-state index >= 15 is 0 Å². The quantitative estimate of drug-likeness (QED) is 0.611. The topological polar surface area (TPSA) is 3.24 Å². The molecule has 0 amide bonds. The molecule has 0 N–H and O–H groups in total. The average molecular weight is 167 g/mol. The van der Waals surface area contributed by atoms with E-state index in [2.05, 4.69) is 32.6 Å². The number of nitrogens with zero attached hydrogens (tertiary/aromatic N) is 1. The van der Waals surface area contributed by atoms with Crippen LogP contribution in [0.4, 0.5) is 0 Å². The van der Waals surface area contributed by atoms with Crippen LogP contribution in [0, 0.1) is 11.8 Å². The number of hydrogen-bond acceptors (Lipinski definition) is 1. The van der Waals surface area contributed by atoms with E-state index in [1.165, 1.54) is 12.8 Å². The first-order valence-electron chi connectivity index (χ1n) is 5.40. The van der Waals surface area contributed by atoms with E-state index in [0.717, 1.165) is 30.0 Å². The third kappa shape index (κ3) is 0.953. The lowest BCUT2D eigenvalue weighted by molar-refractivity contribution is -0.156. The second-order valence-corrected chi connectivity index (χ2v) is 5.08. The van der Waals surface area contributed by atoms with Crippen molar-refractivity contribution in [2.45, 2.75) is 58.7 Å². The maximum atomic E-state index is 2.73. The maximum absolute atomic E-state index is 2.73. The highest BCUT2D eigenvalue weighted by atomic mass is 15.3. The van der Waals surface area contributed by atoms with Gasteiger partial charge in [0.05, 0.1) is 0 Å². The number of hydrogen-bond donors (Lipinski definition) is 0. The Morgan fingerprint density at radius 1 is 1.08 bits per heavy atom. The van der Waals surface area contributed by atoms with Crippen LogP contribution >= 0.6 is 0 Å². The van der Waals surface area contributed by atoms with E-state index in [1.54, 1.807) is 0 Å². The van der Waals surface area contributed by atoms with Crippen LogP contribution in [0.2, 0.25) is 0 Å². The van der Waals surface area contributed by atoms with E-state index in [1.807, 2.05) is 0 Å². The van der Waals surface area contributed by atoms with Gasteiger partial charge in [-0.25, -0.2) is 0 Å². The molecule has 2 aliphatic rings. The Morgan fingerprint density at radius 3 is 2.00 bits per heavy atom. The zero-order chi connectivity index (χ0) is 8.88. The summed E-state index contributed by atoms with van der Waals surface area (Å²) in [6.45, 7) is 9.41. The zero-order valence-electron chi connectivity index (χ0n) is 8.75. The van der Waals surface area contributed by atoms with Crippen LogP contribution in [0.25, 0.3) is 0 Å². The van der Waals surface area contributed by atoms with E-state index in [4.69, 9.17) is 0 Å². The minimum Gasteiger partial charge on any atom is -0.294 e. The molecule has 1 nitrogen and oxygen atoms in total. The second-order valence-electron chi connectivity index (χ2n) is 5.08. The molecular formula is C11H21N. The molecule has 0 bridgehead atoms. The van der Waals surface area contributed by atoms with Crippen molar-refractivity contribution in [1.29, 1.82) is 0 Å². The summed E-state index contributed by atoms with van der Waals surface area (Å²) in [5.74, 6) is 1.92. The molecule has 1 aliphatic carbocycles. The molecule has 0 aromatic carbocycles. The van der Waals surface area contributed by atoms with E-state index in [9.17, 15) is 0 Å². The first kappa shape index (κ1) is 8.55. The highest BCUT2D eigenvalue weighted by Crippen LogP contribution is 2.50. The van der Waals surface area contributed by atoms with Gasteiger partial charge in [-0.3, -0.25) is 4.90 Å². The molecule has 1 saturated carbocycles. The van der Waals surface area contributed by atoms with Gasteiger partial charge < -0.3 is 0 Å². The van der Waals surface area contributed by atoms with Crippen molar-refractivity contribution in [3.05, 3.63) is 0 Å². The van der Waals surface area contributed by atoms with Crippen molar-refractivity contribution in [2.24, 2.45) is 11.8 Å². The molecule has 0 aromatic rings. The van der Waals surface area contributed by atoms with E-state index in [-0.39, 0.29) is 0 Å². The van der Waals surface area contributed by atoms with Gasteiger partial charge in [0.1, 0.15) is 0 Å². The van der Waals surface area contributed by atoms with Crippen LogP contribution in [0.15, 0.2) is 0 Å². The van der Waals surface area contributed by atoms with Crippen molar-refractivity contribution in [3.8, 4) is 0 Å². The first-order chi connectivity index (χ1) is 5.63. The molecule has 1 heteroatoms. The van der Waals surface area contributed by atoms with Gasteiger partial charge >= 0.3 is 0 Å². The number of piperidine rings is 1. The van der Waals surface area contributed by atoms with Crippen LogP contribution in [-0.2, 0) is 0 Å². The maximum Gasteiger partial charge on any atom is 0.0167 e. The van der Waals surface area contributed by atoms with E-state index < -0.39 is 0 Å². The summed E-state index contributed by atoms with van der Waals surface area (Å²) in [5.41, 5.74) is 0. The molecule has 1 aliphatic heterocycles. The lowest BCUT2D eigenvalue weighted by Gasteiger charge is -2.65. The molecule has 2 rings (SSSR count). The molecule has 1 heterocycles. The fourth-order valence-corrected chi connectivity index (χ4v) is 3.18. The molecule has 1 saturated heterocycles. The van der Waals surface area contributed by atoms with Crippen LogP contribution in [-0.4, -0.2) is 23.0 Å². The van der Waals surface area contributed by atoms with Crippen molar-refractivity contribution in [1.82, 2.24) is 4.90 Å². The van der Waals surface area contributed by atoms with Crippen LogP contribution in [0.5, 0.6) is 0 Å². The minimum atomic E-state index is 0.763. The van der Waals surface area contributed by atoms with Gasteiger partial charge in [-0.2, -0.15) is 0 Å². The summed E-state index contributed by atoms with van der Waals surface area (Å²) >= 11 is 0. The smallest absolute Gasteiger partial charge is 0.0167 e. The summed E-state index contributed by atoms with van der Waals surface area (Å²) in [4.78, 5) is 2.73. The third-order valence-corrected chi connectivity index (χ3v) is 3.74. The molecule has 0 aromatic heterocycles. The van der Waals surface area contributed by atoms with Gasteiger partial charge in [-0.05, 0) is 38.5 Å². The standard InChI is InChI=1S/C11H21N/c1-7(2)11-9-5-6-10(9)12(11)8(3)4/h7-11H,5-6H2,1-4H3. The van der Waals surface area contributed by atoms with E-state index in [0.29, 0.717) is 0 Å². The summed E-state index contributed by atoms with van der Waals surface area (Å²) in [6, 6.07) is 2.64. The van der Waals surface area contributed by atoms with Crippen molar-refractivity contribution >= 4 is 0 Å². The molecule has 2 fully saturated rings. The first-order valence-corrected chi connectivity index (χ1v) is 5.40. The predicted molar refractivity (Wildman–Crippen MR) is 52.1 cm³/mol. The van der Waals surface area contributed by atoms with Gasteiger partial charge in [-0.1, -0.05) is 13.8 Å². The Balaban J connectivity index is 2.03. The van der Waals surface area contributed by atoms with Crippen LogP contribution in [0.3, 0.4) is 0 Å². The molecule has 12 heavy (non-hydrogen) atoms. The largest absolute Gasteiger partial charge is 0.294 e. The highest BCUT2D eigenvalue weighted by Gasteiger charge is 2.54. The van der Waals surface area contributed by atoms with Crippen molar-refractivity contribution in [2.75, 3.05) is 0 Å². The number of likely N-dealkylation sites (tertiary alicyclic amines) is 1. The third-order valence-electron chi connectivity index (χ3n) is 3.74. The Labute approximate surface area is 76.1 Å². The Bertz CT molecular complexity index is 154. The molecular weight excluding hydrogens is 146 g/mol. The van der Waals surface area contributed by atoms with Gasteiger partial charge in [0.2, 0.25) is 0 Å². The van der Waals surface area contributed by atoms with Crippen LogP contribution < -0.4 is 0 Å². The van der Waals surface area contributed by atoms with Gasteiger partial charge in [0.25, 0.3) is 0 Å². The Hall–Kier alpha value is -0.0400. The fourth-order valence-electron chi connectivity index (χ4n) is 3.18. The molecule has 70 valence electrons. The van der Waals surface area contributed by atoms with Gasteiger partial charge in [0.15, 0.2) is 0 Å². The molecule has 0 spiro atoms. The van der Waals surface area contributed by atoms with Crippen molar-refractivity contribution in [3.63, 3.8) is 0 Å². The molecule has 0 radical (unpaired) electrons. The molecule has 3 unspecified atom stereocenters. The predicted octanol–water partition coefficient (Wildman–Crippen LogP) is 2.51. The summed E-state index contributed by atoms with van der Waals surface area (Å²) in [6.07, 6.45) is 2.96. The van der Waals surface area contributed by atoms with Crippen molar-refractivity contribution < 1.29 is 0 Å². The summed E-state index contributed by atoms with van der Waals surface area (Å²) < 4.78 is 0. The lowest BCUT2D eigenvalue weighted by atomic mass is 9.61. The Kier molecular flexibility index (Phi) is 1.95. The average Bonchev–Trinajstić information content (AvgIpc) is 1.91. The molecule has 3 atom stereocenters. The number of fused-ring (bicyclic) bond motifs is 1. The monoisotopic (exact) mass is 167 g/mol.